The summed E-state index contributed by atoms with van der Waals surface area (Å²) in [5, 5.41) is 3.13. The summed E-state index contributed by atoms with van der Waals surface area (Å²) in [5.74, 6) is 0. The van der Waals surface area contributed by atoms with Crippen molar-refractivity contribution in [2.75, 3.05) is 13.1 Å². The molecule has 0 radical (unpaired) electrons. The highest BCUT2D eigenvalue weighted by Gasteiger charge is 2.18. The van der Waals surface area contributed by atoms with Crippen LogP contribution < -0.4 is 10.9 Å². The summed E-state index contributed by atoms with van der Waals surface area (Å²) in [6.07, 6.45) is 1.84. The van der Waals surface area contributed by atoms with Crippen molar-refractivity contribution in [1.29, 1.82) is 0 Å². The van der Waals surface area contributed by atoms with E-state index in [1.165, 1.54) is 0 Å². The van der Waals surface area contributed by atoms with Gasteiger partial charge in [-0.2, -0.15) is 0 Å². The fourth-order valence-corrected chi connectivity index (χ4v) is 1.58. The van der Waals surface area contributed by atoms with E-state index in [0.29, 0.717) is 6.04 Å². The van der Waals surface area contributed by atoms with E-state index in [0.717, 1.165) is 17.6 Å². The van der Waals surface area contributed by atoms with Crippen LogP contribution in [0.3, 0.4) is 0 Å². The fourth-order valence-electron chi connectivity index (χ4n) is 1.23. The first kappa shape index (κ1) is 8.01. The van der Waals surface area contributed by atoms with Gasteiger partial charge in [0.2, 0.25) is 0 Å². The maximum atomic E-state index is 11.3. The Kier molecular flexibility index (Phi) is 2.02. The van der Waals surface area contributed by atoms with Gasteiger partial charge in [0.05, 0.1) is 6.04 Å². The second-order valence-corrected chi connectivity index (χ2v) is 3.82. The van der Waals surface area contributed by atoms with Gasteiger partial charge in [0.25, 0.3) is 5.56 Å². The quantitative estimate of drug-likeness (QED) is 0.771. The highest BCUT2D eigenvalue weighted by atomic mass is 79.9. The molecule has 1 fully saturated rings. The smallest absolute Gasteiger partial charge is 0.250 e. The summed E-state index contributed by atoms with van der Waals surface area (Å²) in [6.45, 7) is 1.80. The summed E-state index contributed by atoms with van der Waals surface area (Å²) < 4.78 is 2.72. The molecule has 0 bridgehead atoms. The van der Waals surface area contributed by atoms with Crippen molar-refractivity contribution in [2.24, 2.45) is 0 Å². The Balaban J connectivity index is 2.40. The highest BCUT2D eigenvalue weighted by molar-refractivity contribution is 9.10. The van der Waals surface area contributed by atoms with E-state index in [-0.39, 0.29) is 5.56 Å². The van der Waals surface area contributed by atoms with E-state index in [4.69, 9.17) is 0 Å². The molecule has 1 aromatic rings. The van der Waals surface area contributed by atoms with Crippen LogP contribution in [0, 0.1) is 0 Å². The van der Waals surface area contributed by atoms with E-state index in [1.54, 1.807) is 16.7 Å². The molecule has 2 rings (SSSR count). The maximum Gasteiger partial charge on any atom is 0.250 e. The molecule has 1 aliphatic rings. The Morgan fingerprint density at radius 1 is 1.50 bits per heavy atom. The lowest BCUT2D eigenvalue weighted by atomic mass is 10.2. The third-order valence-electron chi connectivity index (χ3n) is 2.06. The molecule has 0 aliphatic carbocycles. The van der Waals surface area contributed by atoms with E-state index in [1.807, 2.05) is 6.20 Å². The number of hydrogen-bond acceptors (Lipinski definition) is 2. The Morgan fingerprint density at radius 2 is 2.25 bits per heavy atom. The zero-order valence-corrected chi connectivity index (χ0v) is 8.04. The van der Waals surface area contributed by atoms with Gasteiger partial charge in [0.15, 0.2) is 0 Å². The van der Waals surface area contributed by atoms with E-state index in [2.05, 4.69) is 21.2 Å². The lowest BCUT2D eigenvalue weighted by Gasteiger charge is -2.28. The molecule has 4 heteroatoms. The summed E-state index contributed by atoms with van der Waals surface area (Å²) >= 11 is 3.34. The summed E-state index contributed by atoms with van der Waals surface area (Å²) in [7, 11) is 0. The lowest BCUT2D eigenvalue weighted by molar-refractivity contribution is 0.335. The monoisotopic (exact) mass is 228 g/mol. The standard InChI is InChI=1S/C8H9BrN2O/c9-6-1-2-8(12)11(5-6)7-3-10-4-7/h1-2,5,7,10H,3-4H2. The Bertz CT molecular complexity index is 343. The van der Waals surface area contributed by atoms with Gasteiger partial charge in [-0.25, -0.2) is 0 Å². The largest absolute Gasteiger partial charge is 0.313 e. The zero-order chi connectivity index (χ0) is 8.55. The minimum atomic E-state index is 0.0738. The van der Waals surface area contributed by atoms with Crippen LogP contribution in [0.2, 0.25) is 0 Å². The number of halogens is 1. The predicted octanol–water partition coefficient (Wildman–Crippen LogP) is 0.755. The van der Waals surface area contributed by atoms with Gasteiger partial charge in [-0.3, -0.25) is 4.79 Å². The molecule has 1 saturated heterocycles. The SMILES string of the molecule is O=c1ccc(Br)cn1C1CNC1. The van der Waals surface area contributed by atoms with Crippen LogP contribution >= 0.6 is 15.9 Å². The zero-order valence-electron chi connectivity index (χ0n) is 6.46. The van der Waals surface area contributed by atoms with Crippen LogP contribution in [0.15, 0.2) is 27.6 Å². The van der Waals surface area contributed by atoms with Crippen molar-refractivity contribution in [1.82, 2.24) is 9.88 Å². The second-order valence-electron chi connectivity index (χ2n) is 2.90. The van der Waals surface area contributed by atoms with Crippen LogP contribution in [-0.4, -0.2) is 17.7 Å². The minimum Gasteiger partial charge on any atom is -0.313 e. The van der Waals surface area contributed by atoms with Crippen molar-refractivity contribution in [3.63, 3.8) is 0 Å². The van der Waals surface area contributed by atoms with Crippen LogP contribution in [0.5, 0.6) is 0 Å². The third kappa shape index (κ3) is 1.32. The van der Waals surface area contributed by atoms with Crippen LogP contribution in [0.25, 0.3) is 0 Å². The van der Waals surface area contributed by atoms with Crippen LogP contribution in [-0.2, 0) is 0 Å². The van der Waals surface area contributed by atoms with Gasteiger partial charge < -0.3 is 9.88 Å². The number of pyridine rings is 1. The normalized spacial score (nSPS) is 17.4. The van der Waals surface area contributed by atoms with Gasteiger partial charge in [0, 0.05) is 29.8 Å². The molecule has 12 heavy (non-hydrogen) atoms. The number of nitrogens with one attached hydrogen (secondary N) is 1. The number of hydrogen-bond donors (Lipinski definition) is 1. The van der Waals surface area contributed by atoms with Gasteiger partial charge >= 0.3 is 0 Å². The first-order chi connectivity index (χ1) is 5.77. The Morgan fingerprint density at radius 3 is 2.83 bits per heavy atom. The molecule has 1 aromatic heterocycles. The molecule has 64 valence electrons. The topological polar surface area (TPSA) is 34.0 Å². The van der Waals surface area contributed by atoms with E-state index in [9.17, 15) is 4.79 Å². The molecule has 3 nitrogen and oxygen atoms in total. The second kappa shape index (κ2) is 3.03. The molecule has 0 spiro atoms. The molecule has 0 amide bonds. The highest BCUT2D eigenvalue weighted by Crippen LogP contribution is 2.12. The molecule has 0 aromatic carbocycles. The average Bonchev–Trinajstić information content (AvgIpc) is 1.93. The summed E-state index contributed by atoms with van der Waals surface area (Å²) in [6, 6.07) is 3.70. The summed E-state index contributed by atoms with van der Waals surface area (Å²) in [5.41, 5.74) is 0.0738. The average molecular weight is 229 g/mol. The van der Waals surface area contributed by atoms with E-state index >= 15 is 0 Å². The van der Waals surface area contributed by atoms with Crippen LogP contribution in [0.1, 0.15) is 6.04 Å². The fraction of sp³-hybridized carbons (Fsp3) is 0.375. The van der Waals surface area contributed by atoms with E-state index < -0.39 is 0 Å². The van der Waals surface area contributed by atoms with Crippen molar-refractivity contribution in [2.45, 2.75) is 6.04 Å². The van der Waals surface area contributed by atoms with Crippen molar-refractivity contribution < 1.29 is 0 Å². The van der Waals surface area contributed by atoms with Gasteiger partial charge in [-0.15, -0.1) is 0 Å². The van der Waals surface area contributed by atoms with Crippen molar-refractivity contribution in [3.8, 4) is 0 Å². The van der Waals surface area contributed by atoms with Gasteiger partial charge in [0.1, 0.15) is 0 Å². The Labute approximate surface area is 78.5 Å². The minimum absolute atomic E-state index is 0.0738. The van der Waals surface area contributed by atoms with Crippen LogP contribution in [0.4, 0.5) is 0 Å². The molecule has 0 unspecified atom stereocenters. The van der Waals surface area contributed by atoms with Gasteiger partial charge in [-0.05, 0) is 22.0 Å². The number of rotatable bonds is 1. The molecule has 2 heterocycles. The lowest BCUT2D eigenvalue weighted by Crippen LogP contribution is -2.46. The first-order valence-corrected chi connectivity index (χ1v) is 4.65. The molecular weight excluding hydrogens is 220 g/mol. The summed E-state index contributed by atoms with van der Waals surface area (Å²) in [4.78, 5) is 11.3. The molecule has 0 atom stereocenters. The molecular formula is C8H9BrN2O. The first-order valence-electron chi connectivity index (χ1n) is 3.86. The maximum absolute atomic E-state index is 11.3. The van der Waals surface area contributed by atoms with Crippen molar-refractivity contribution in [3.05, 3.63) is 33.2 Å². The molecule has 1 N–H and O–H groups in total. The molecule has 0 saturated carbocycles. The number of aromatic nitrogens is 1. The molecule has 1 aliphatic heterocycles. The predicted molar refractivity (Wildman–Crippen MR) is 50.3 cm³/mol. The third-order valence-corrected chi connectivity index (χ3v) is 2.52. The number of nitrogens with zero attached hydrogens (tertiary/aromatic N) is 1. The Hall–Kier alpha value is -0.610. The van der Waals surface area contributed by atoms with Gasteiger partial charge in [-0.1, -0.05) is 0 Å². The van der Waals surface area contributed by atoms with Crippen molar-refractivity contribution >= 4 is 15.9 Å².